The van der Waals surface area contributed by atoms with E-state index >= 15 is 0 Å². The van der Waals surface area contributed by atoms with Crippen LogP contribution >= 0.6 is 0 Å². The van der Waals surface area contributed by atoms with Crippen molar-refractivity contribution in [3.05, 3.63) is 47.8 Å². The van der Waals surface area contributed by atoms with Gasteiger partial charge in [0.05, 0.1) is 13.2 Å². The molecule has 3 rings (SSSR count). The zero-order valence-electron chi connectivity index (χ0n) is 14.0. The number of benzene rings is 1. The van der Waals surface area contributed by atoms with Gasteiger partial charge in [-0.3, -0.25) is 4.90 Å². The number of nitrogens with zero attached hydrogens (tertiary/aromatic N) is 3. The zero-order valence-corrected chi connectivity index (χ0v) is 14.0. The topological polar surface area (TPSA) is 38.2 Å². The second-order valence-corrected chi connectivity index (χ2v) is 6.11. The summed E-state index contributed by atoms with van der Waals surface area (Å²) in [7, 11) is 0. The summed E-state index contributed by atoms with van der Waals surface area (Å²) in [5, 5.41) is 0. The second kappa shape index (κ2) is 7.66. The molecule has 0 unspecified atom stereocenters. The van der Waals surface area contributed by atoms with Crippen molar-refractivity contribution in [2.75, 3.05) is 26.3 Å². The summed E-state index contributed by atoms with van der Waals surface area (Å²) >= 11 is 0. The van der Waals surface area contributed by atoms with Crippen LogP contribution in [0.3, 0.4) is 0 Å². The summed E-state index contributed by atoms with van der Waals surface area (Å²) in [5.74, 6) is 0.801. The molecular weight excluding hydrogens is 286 g/mol. The van der Waals surface area contributed by atoms with Gasteiger partial charge < -0.3 is 4.74 Å². The molecule has 0 aliphatic carbocycles. The predicted octanol–water partition coefficient (Wildman–Crippen LogP) is 3.49. The van der Waals surface area contributed by atoms with Crippen LogP contribution in [0.4, 0.5) is 0 Å². The first-order valence-electron chi connectivity index (χ1n) is 8.51. The fourth-order valence-corrected chi connectivity index (χ4v) is 3.01. The second-order valence-electron chi connectivity index (χ2n) is 6.11. The van der Waals surface area contributed by atoms with Gasteiger partial charge in [0, 0.05) is 37.1 Å². The molecule has 23 heavy (non-hydrogen) atoms. The fraction of sp³-hybridized carbons (Fsp3) is 0.474. The summed E-state index contributed by atoms with van der Waals surface area (Å²) in [4.78, 5) is 11.5. The van der Waals surface area contributed by atoms with Crippen molar-refractivity contribution < 1.29 is 4.74 Å². The molecule has 1 aliphatic heterocycles. The van der Waals surface area contributed by atoms with Gasteiger partial charge in [-0.05, 0) is 24.5 Å². The van der Waals surface area contributed by atoms with Crippen LogP contribution in [0.5, 0.6) is 0 Å². The van der Waals surface area contributed by atoms with Gasteiger partial charge >= 0.3 is 0 Å². The molecule has 0 bridgehead atoms. The standard InChI is InChI=1S/C19H25N3O/c1-3-4-16-13-20-19(21-14-16)18-7-5-17(6-8-18)15(2)22-9-11-23-12-10-22/h5-8,13-15H,3-4,9-12H2,1-2H3/t15-/m1/s1. The number of rotatable bonds is 5. The van der Waals surface area contributed by atoms with Crippen molar-refractivity contribution in [2.45, 2.75) is 32.7 Å². The maximum absolute atomic E-state index is 5.43. The molecule has 1 atom stereocenters. The first-order chi connectivity index (χ1) is 11.3. The highest BCUT2D eigenvalue weighted by atomic mass is 16.5. The van der Waals surface area contributed by atoms with Crippen molar-refractivity contribution >= 4 is 0 Å². The molecule has 0 amide bonds. The number of hydrogen-bond acceptors (Lipinski definition) is 4. The first-order valence-corrected chi connectivity index (χ1v) is 8.51. The Hall–Kier alpha value is -1.78. The third-order valence-corrected chi connectivity index (χ3v) is 4.49. The van der Waals surface area contributed by atoms with Gasteiger partial charge in [-0.2, -0.15) is 0 Å². The van der Waals surface area contributed by atoms with Gasteiger partial charge in [0.25, 0.3) is 0 Å². The number of aryl methyl sites for hydroxylation is 1. The molecule has 0 spiro atoms. The molecule has 0 radical (unpaired) electrons. The molecule has 1 saturated heterocycles. The molecule has 1 fully saturated rings. The van der Waals surface area contributed by atoms with Crippen LogP contribution in [-0.2, 0) is 11.2 Å². The van der Waals surface area contributed by atoms with Gasteiger partial charge in [-0.25, -0.2) is 9.97 Å². The average Bonchev–Trinajstić information content (AvgIpc) is 2.63. The van der Waals surface area contributed by atoms with E-state index in [0.29, 0.717) is 6.04 Å². The van der Waals surface area contributed by atoms with E-state index in [1.807, 2.05) is 12.4 Å². The summed E-state index contributed by atoms with van der Waals surface area (Å²) in [6.45, 7) is 8.11. The number of aromatic nitrogens is 2. The Balaban J connectivity index is 1.70. The van der Waals surface area contributed by atoms with Gasteiger partial charge in [-0.1, -0.05) is 37.6 Å². The smallest absolute Gasteiger partial charge is 0.159 e. The number of morpholine rings is 1. The Bertz CT molecular complexity index is 604. The van der Waals surface area contributed by atoms with E-state index in [1.165, 1.54) is 11.1 Å². The molecule has 0 saturated carbocycles. The summed E-state index contributed by atoms with van der Waals surface area (Å²) in [6, 6.07) is 9.06. The minimum absolute atomic E-state index is 0.417. The Morgan fingerprint density at radius 2 is 1.74 bits per heavy atom. The Kier molecular flexibility index (Phi) is 5.36. The lowest BCUT2D eigenvalue weighted by Crippen LogP contribution is -2.37. The van der Waals surface area contributed by atoms with Crippen molar-refractivity contribution in [1.82, 2.24) is 14.9 Å². The van der Waals surface area contributed by atoms with Crippen LogP contribution in [0.1, 0.15) is 37.4 Å². The number of ether oxygens (including phenoxy) is 1. The highest BCUT2D eigenvalue weighted by molar-refractivity contribution is 5.55. The van der Waals surface area contributed by atoms with Crippen molar-refractivity contribution in [3.8, 4) is 11.4 Å². The maximum Gasteiger partial charge on any atom is 0.159 e. The lowest BCUT2D eigenvalue weighted by molar-refractivity contribution is 0.0198. The average molecular weight is 311 g/mol. The zero-order chi connectivity index (χ0) is 16.1. The molecule has 2 aromatic rings. The van der Waals surface area contributed by atoms with E-state index in [1.54, 1.807) is 0 Å². The minimum atomic E-state index is 0.417. The third kappa shape index (κ3) is 3.95. The molecule has 4 nitrogen and oxygen atoms in total. The molecule has 122 valence electrons. The van der Waals surface area contributed by atoms with Crippen LogP contribution in [0.15, 0.2) is 36.7 Å². The lowest BCUT2D eigenvalue weighted by Gasteiger charge is -2.32. The minimum Gasteiger partial charge on any atom is -0.379 e. The van der Waals surface area contributed by atoms with Crippen molar-refractivity contribution in [3.63, 3.8) is 0 Å². The van der Waals surface area contributed by atoms with Crippen LogP contribution in [-0.4, -0.2) is 41.2 Å². The Morgan fingerprint density at radius 1 is 1.09 bits per heavy atom. The van der Waals surface area contributed by atoms with E-state index < -0.39 is 0 Å². The first kappa shape index (κ1) is 16.1. The normalized spacial score (nSPS) is 17.1. The summed E-state index contributed by atoms with van der Waals surface area (Å²) in [6.07, 6.45) is 6.04. The molecule has 0 N–H and O–H groups in total. The maximum atomic E-state index is 5.43. The lowest BCUT2D eigenvalue weighted by atomic mass is 10.0. The van der Waals surface area contributed by atoms with E-state index in [9.17, 15) is 0 Å². The Morgan fingerprint density at radius 3 is 2.35 bits per heavy atom. The van der Waals surface area contributed by atoms with Crippen LogP contribution in [0, 0.1) is 0 Å². The summed E-state index contributed by atoms with van der Waals surface area (Å²) in [5.41, 5.74) is 3.61. The third-order valence-electron chi connectivity index (χ3n) is 4.49. The van der Waals surface area contributed by atoms with E-state index in [4.69, 9.17) is 4.74 Å². The number of hydrogen-bond donors (Lipinski definition) is 0. The fourth-order valence-electron chi connectivity index (χ4n) is 3.01. The molecule has 1 aromatic heterocycles. The van der Waals surface area contributed by atoms with Crippen LogP contribution in [0.25, 0.3) is 11.4 Å². The van der Waals surface area contributed by atoms with Crippen molar-refractivity contribution in [2.24, 2.45) is 0 Å². The van der Waals surface area contributed by atoms with E-state index in [-0.39, 0.29) is 0 Å². The highest BCUT2D eigenvalue weighted by Gasteiger charge is 2.18. The van der Waals surface area contributed by atoms with Gasteiger partial charge in [0.15, 0.2) is 5.82 Å². The van der Waals surface area contributed by atoms with Gasteiger partial charge in [-0.15, -0.1) is 0 Å². The SMILES string of the molecule is CCCc1cnc(-c2ccc([C@@H](C)N3CCOCC3)cc2)nc1. The summed E-state index contributed by atoms with van der Waals surface area (Å²) < 4.78 is 5.43. The van der Waals surface area contributed by atoms with Crippen LogP contribution in [0.2, 0.25) is 0 Å². The molecular formula is C19H25N3O. The quantitative estimate of drug-likeness (QED) is 0.847. The largest absolute Gasteiger partial charge is 0.379 e. The van der Waals surface area contributed by atoms with E-state index in [2.05, 4.69) is 53.0 Å². The monoisotopic (exact) mass is 311 g/mol. The molecule has 1 aliphatic rings. The van der Waals surface area contributed by atoms with Gasteiger partial charge in [0.1, 0.15) is 0 Å². The molecule has 1 aromatic carbocycles. The van der Waals surface area contributed by atoms with Crippen LogP contribution < -0.4 is 0 Å². The Labute approximate surface area is 138 Å². The van der Waals surface area contributed by atoms with E-state index in [0.717, 1.165) is 50.5 Å². The van der Waals surface area contributed by atoms with Gasteiger partial charge in [0.2, 0.25) is 0 Å². The highest BCUT2D eigenvalue weighted by Crippen LogP contribution is 2.24. The molecule has 2 heterocycles. The predicted molar refractivity (Wildman–Crippen MR) is 92.3 cm³/mol. The van der Waals surface area contributed by atoms with Crippen molar-refractivity contribution in [1.29, 1.82) is 0 Å². The molecule has 4 heteroatoms.